The second kappa shape index (κ2) is 28.5. The summed E-state index contributed by atoms with van der Waals surface area (Å²) < 4.78 is 9.78. The third-order valence-electron chi connectivity index (χ3n) is 23.5. The Morgan fingerprint density at radius 3 is 0.904 bits per heavy atom. The fourth-order valence-electron chi connectivity index (χ4n) is 18.5. The highest BCUT2D eigenvalue weighted by Crippen LogP contribution is 2.61. The quantitative estimate of drug-likeness (QED) is 0.108. The van der Waals surface area contributed by atoms with Gasteiger partial charge < -0.3 is 14.2 Å². The summed E-state index contributed by atoms with van der Waals surface area (Å²) in [6, 6.07) is 163. The largest absolute Gasteiger partial charge is 0.456 e. The molecule has 2 aromatic heterocycles. The van der Waals surface area contributed by atoms with Gasteiger partial charge in [-0.25, -0.2) is 0 Å². The first-order valence-corrected chi connectivity index (χ1v) is 40.0. The van der Waals surface area contributed by atoms with Crippen molar-refractivity contribution in [3.63, 3.8) is 0 Å². The van der Waals surface area contributed by atoms with E-state index in [-0.39, 0.29) is 0 Å². The summed E-state index contributed by atoms with van der Waals surface area (Å²) in [5.74, 6) is 0. The summed E-state index contributed by atoms with van der Waals surface area (Å²) in [7, 11) is 0. The molecule has 0 N–H and O–H groups in total. The number of hydrogen-bond acceptors (Lipinski definition) is 4. The van der Waals surface area contributed by atoms with Crippen LogP contribution in [0.1, 0.15) is 44.5 Å². The first kappa shape index (κ1) is 67.7. The fourth-order valence-corrected chi connectivity index (χ4v) is 19.8. The van der Waals surface area contributed by atoms with E-state index in [9.17, 15) is 0 Å². The summed E-state index contributed by atoms with van der Waals surface area (Å²) in [4.78, 5) is 4.76. The fraction of sp³-hybridized carbons (Fsp3) is 0.0182. The topological polar surface area (TPSA) is 19.6 Å². The predicted octanol–water partition coefficient (Wildman–Crippen LogP) is 30.0. The molecule has 0 saturated heterocycles. The molecule has 0 atom stereocenters. The van der Waals surface area contributed by atoms with Gasteiger partial charge in [0.1, 0.15) is 11.2 Å². The maximum atomic E-state index is 7.19. The Labute approximate surface area is 668 Å². The van der Waals surface area contributed by atoms with Crippen molar-refractivity contribution < 1.29 is 4.42 Å². The van der Waals surface area contributed by atoms with Gasteiger partial charge in [0.15, 0.2) is 0 Å². The van der Waals surface area contributed by atoms with E-state index in [1.165, 1.54) is 115 Å². The van der Waals surface area contributed by atoms with E-state index in [0.717, 1.165) is 72.8 Å². The molecule has 0 spiro atoms. The van der Waals surface area contributed by atoms with Gasteiger partial charge in [0.2, 0.25) is 0 Å². The van der Waals surface area contributed by atoms with E-state index >= 15 is 0 Å². The summed E-state index contributed by atoms with van der Waals surface area (Å²) in [5.41, 5.74) is 32.1. The van der Waals surface area contributed by atoms with Crippen molar-refractivity contribution in [1.82, 2.24) is 0 Å². The van der Waals surface area contributed by atoms with Gasteiger partial charge in [-0.2, -0.15) is 0 Å². The third-order valence-corrected chi connectivity index (χ3v) is 24.7. The van der Waals surface area contributed by atoms with Crippen LogP contribution in [0.25, 0.3) is 109 Å². The number of nitrogens with zero attached hydrogens (tertiary/aromatic N) is 2. The Hall–Kier alpha value is -14.4. The Balaban J connectivity index is 0.000000143. The van der Waals surface area contributed by atoms with E-state index in [4.69, 9.17) is 4.42 Å². The highest BCUT2D eigenvalue weighted by Gasteiger charge is 2.49. The summed E-state index contributed by atoms with van der Waals surface area (Å²) in [5, 5.41) is 4.77. The van der Waals surface area contributed by atoms with Crippen molar-refractivity contribution in [2.75, 3.05) is 9.80 Å². The first-order valence-electron chi connectivity index (χ1n) is 39.2. The van der Waals surface area contributed by atoms with E-state index in [1.807, 2.05) is 11.3 Å². The smallest absolute Gasteiger partial charge is 0.140 e. The molecule has 536 valence electrons. The summed E-state index contributed by atoms with van der Waals surface area (Å²) in [6.45, 7) is 0. The number of furan rings is 1. The van der Waals surface area contributed by atoms with Gasteiger partial charge >= 0.3 is 0 Å². The summed E-state index contributed by atoms with van der Waals surface area (Å²) >= 11 is 1.91. The Kier molecular flexibility index (Phi) is 16.9. The number of hydrogen-bond donors (Lipinski definition) is 0. The maximum absolute atomic E-state index is 7.19. The molecular formula is C110H74N2OS. The lowest BCUT2D eigenvalue weighted by molar-refractivity contribution is 0.648. The van der Waals surface area contributed by atoms with Crippen LogP contribution < -0.4 is 9.80 Å². The lowest BCUT2D eigenvalue weighted by atomic mass is 9.67. The van der Waals surface area contributed by atoms with Crippen LogP contribution in [0.3, 0.4) is 0 Å². The van der Waals surface area contributed by atoms with Crippen LogP contribution >= 0.6 is 11.3 Å². The normalized spacial score (nSPS) is 12.7. The molecule has 2 aliphatic carbocycles. The van der Waals surface area contributed by atoms with Crippen LogP contribution in [0.5, 0.6) is 0 Å². The minimum Gasteiger partial charge on any atom is -0.456 e. The van der Waals surface area contributed by atoms with Crippen LogP contribution in [0, 0.1) is 0 Å². The Morgan fingerprint density at radius 1 is 0.202 bits per heavy atom. The van der Waals surface area contributed by atoms with Crippen LogP contribution in [0.2, 0.25) is 0 Å². The molecule has 2 aliphatic rings. The second-order valence-electron chi connectivity index (χ2n) is 29.7. The van der Waals surface area contributed by atoms with E-state index in [2.05, 4.69) is 459 Å². The Morgan fingerprint density at radius 2 is 0.500 bits per heavy atom. The Bertz CT molecular complexity index is 6310. The molecule has 20 aromatic rings. The minimum absolute atomic E-state index is 0.459. The first-order chi connectivity index (χ1) is 56.5. The molecule has 22 rings (SSSR count). The number of para-hydroxylation sites is 1. The van der Waals surface area contributed by atoms with Crippen LogP contribution in [0.15, 0.2) is 453 Å². The second-order valence-corrected chi connectivity index (χ2v) is 30.7. The van der Waals surface area contributed by atoms with Gasteiger partial charge in [0.05, 0.1) is 10.8 Å². The summed E-state index contributed by atoms with van der Waals surface area (Å²) in [6.07, 6.45) is 0. The molecule has 0 unspecified atom stereocenters. The average molecular weight is 1470 g/mol. The molecule has 0 amide bonds. The lowest BCUT2D eigenvalue weighted by Crippen LogP contribution is -2.28. The van der Waals surface area contributed by atoms with Gasteiger partial charge in [-0.3, -0.25) is 0 Å². The highest BCUT2D eigenvalue weighted by molar-refractivity contribution is 7.26. The molecule has 0 aliphatic heterocycles. The third kappa shape index (κ3) is 11.3. The minimum atomic E-state index is -0.563. The number of rotatable bonds is 14. The predicted molar refractivity (Wildman–Crippen MR) is 479 cm³/mol. The molecule has 3 nitrogen and oxygen atoms in total. The van der Waals surface area contributed by atoms with E-state index in [0.29, 0.717) is 0 Å². The lowest BCUT2D eigenvalue weighted by Gasteiger charge is -2.34. The van der Waals surface area contributed by atoms with Crippen molar-refractivity contribution in [3.05, 3.63) is 493 Å². The molecule has 18 aromatic carbocycles. The van der Waals surface area contributed by atoms with Crippen molar-refractivity contribution in [3.8, 4) is 66.8 Å². The van der Waals surface area contributed by atoms with Crippen molar-refractivity contribution >= 4 is 87.6 Å². The number of anilines is 6. The van der Waals surface area contributed by atoms with Crippen molar-refractivity contribution in [1.29, 1.82) is 0 Å². The van der Waals surface area contributed by atoms with Crippen molar-refractivity contribution in [2.24, 2.45) is 0 Å². The molecule has 4 heteroatoms. The number of benzene rings is 18. The van der Waals surface area contributed by atoms with E-state index < -0.39 is 10.8 Å². The van der Waals surface area contributed by atoms with Crippen LogP contribution in [-0.2, 0) is 10.8 Å². The van der Waals surface area contributed by atoms with Gasteiger partial charge in [-0.05, 0) is 179 Å². The van der Waals surface area contributed by atoms with Gasteiger partial charge in [-0.15, -0.1) is 11.3 Å². The SMILES string of the molecule is c1ccc(-c2cccc(N(c3cccc(-c4ccccc4)c3)c3ccc4c(c3)oc3c(C5(c6ccccc6)c6ccccc6-c6ccccc65)cccc34)c2)cc1.c1ccc(-c2cccc(N(c3cccc(-c4ccccc4)c3)c3ccc4c(c3)sc3c(C5(c6ccccc6)c6ccccc6-c6ccccc65)cccc34)c2)cc1. The highest BCUT2D eigenvalue weighted by atomic mass is 32.1. The zero-order valence-corrected chi connectivity index (χ0v) is 63.3. The molecular weight excluding hydrogens is 1400 g/mol. The average Bonchev–Trinajstić information content (AvgIpc) is 1.53. The van der Waals surface area contributed by atoms with Crippen LogP contribution in [0.4, 0.5) is 34.1 Å². The number of thiophene rings is 1. The zero-order chi connectivity index (χ0) is 75.5. The molecule has 0 bridgehead atoms. The standard InChI is InChI=1S/C55H37NO.C55H37NS/c2*1-4-17-38(18-5-1)40-21-14-25-43(35-40)56(44-26-15-22-41(36-44)39-19-6-2-7-20-39)45-33-34-48-49-29-16-32-52(54(49)57-53(48)37-45)55(42-23-8-3-9-24-42)50-30-12-10-27-46(50)47-28-11-13-31-51(47)55/h2*1-37H. The molecule has 0 radical (unpaired) electrons. The van der Waals surface area contributed by atoms with Crippen molar-refractivity contribution in [2.45, 2.75) is 10.8 Å². The zero-order valence-electron chi connectivity index (χ0n) is 62.4. The molecule has 0 saturated carbocycles. The maximum Gasteiger partial charge on any atom is 0.140 e. The molecule has 0 fully saturated rings. The van der Waals surface area contributed by atoms with Crippen LogP contribution in [-0.4, -0.2) is 0 Å². The number of fused-ring (bicyclic) bond motifs is 12. The van der Waals surface area contributed by atoms with Gasteiger partial charge in [0, 0.05) is 76.7 Å². The van der Waals surface area contributed by atoms with E-state index in [1.54, 1.807) is 0 Å². The molecule has 114 heavy (non-hydrogen) atoms. The van der Waals surface area contributed by atoms with Gasteiger partial charge in [0.25, 0.3) is 0 Å². The molecule has 2 heterocycles. The monoisotopic (exact) mass is 1470 g/mol. The van der Waals surface area contributed by atoms with Gasteiger partial charge in [-0.1, -0.05) is 370 Å².